The number of pyridine rings is 1. The van der Waals surface area contributed by atoms with Gasteiger partial charge in [0.25, 0.3) is 5.91 Å². The molecule has 3 rings (SSSR count). The molecular formula is C17H15N3O. The summed E-state index contributed by atoms with van der Waals surface area (Å²) in [5, 5.41) is 4.60. The van der Waals surface area contributed by atoms with E-state index in [0.717, 1.165) is 16.3 Å². The molecule has 2 aromatic carbocycles. The number of amides is 1. The van der Waals surface area contributed by atoms with Crippen LogP contribution in [0.25, 0.3) is 10.8 Å². The lowest BCUT2D eigenvalue weighted by Gasteiger charge is -2.08. The summed E-state index contributed by atoms with van der Waals surface area (Å²) in [7, 11) is 0. The number of carbonyl (C=O) groups excluding carboxylic acids is 1. The molecule has 0 bridgehead atoms. The summed E-state index contributed by atoms with van der Waals surface area (Å²) < 4.78 is 0. The molecule has 1 aromatic heterocycles. The van der Waals surface area contributed by atoms with Crippen molar-refractivity contribution in [2.45, 2.75) is 6.54 Å². The van der Waals surface area contributed by atoms with E-state index in [1.54, 1.807) is 12.3 Å². The summed E-state index contributed by atoms with van der Waals surface area (Å²) in [6.07, 6.45) is 1.63. The fourth-order valence-corrected chi connectivity index (χ4v) is 2.23. The number of nitrogens with two attached hydrogens (primary N) is 1. The van der Waals surface area contributed by atoms with Crippen molar-refractivity contribution in [3.05, 3.63) is 72.1 Å². The van der Waals surface area contributed by atoms with Gasteiger partial charge in [-0.3, -0.25) is 9.78 Å². The molecule has 3 aromatic rings. The van der Waals surface area contributed by atoms with Crippen molar-refractivity contribution in [3.63, 3.8) is 0 Å². The van der Waals surface area contributed by atoms with E-state index >= 15 is 0 Å². The summed E-state index contributed by atoms with van der Waals surface area (Å²) in [4.78, 5) is 16.5. The highest BCUT2D eigenvalue weighted by atomic mass is 16.1. The Morgan fingerprint density at radius 3 is 2.71 bits per heavy atom. The first-order valence-electron chi connectivity index (χ1n) is 6.70. The molecule has 0 atom stereocenters. The van der Waals surface area contributed by atoms with E-state index in [0.29, 0.717) is 17.9 Å². The Kier molecular flexibility index (Phi) is 3.51. The molecular weight excluding hydrogens is 262 g/mol. The van der Waals surface area contributed by atoms with Crippen LogP contribution in [0.4, 0.5) is 5.69 Å². The van der Waals surface area contributed by atoms with Crippen LogP contribution in [0.15, 0.2) is 60.8 Å². The highest BCUT2D eigenvalue weighted by molar-refractivity contribution is 6.05. The summed E-state index contributed by atoms with van der Waals surface area (Å²) in [6.45, 7) is 0.472. The highest BCUT2D eigenvalue weighted by Gasteiger charge is 2.11. The van der Waals surface area contributed by atoms with E-state index < -0.39 is 0 Å². The van der Waals surface area contributed by atoms with Gasteiger partial charge in [-0.15, -0.1) is 0 Å². The molecule has 104 valence electrons. The lowest BCUT2D eigenvalue weighted by molar-refractivity contribution is 0.0948. The second-order valence-corrected chi connectivity index (χ2v) is 4.81. The molecule has 21 heavy (non-hydrogen) atoms. The molecule has 4 heteroatoms. The van der Waals surface area contributed by atoms with Crippen molar-refractivity contribution in [2.24, 2.45) is 0 Å². The highest BCUT2D eigenvalue weighted by Crippen LogP contribution is 2.19. The van der Waals surface area contributed by atoms with Crippen LogP contribution < -0.4 is 11.1 Å². The van der Waals surface area contributed by atoms with Gasteiger partial charge in [-0.05, 0) is 29.1 Å². The molecule has 0 aliphatic rings. The Balaban J connectivity index is 1.86. The number of nitrogens with zero attached hydrogens (tertiary/aromatic N) is 1. The fraction of sp³-hybridized carbons (Fsp3) is 0.0588. The van der Waals surface area contributed by atoms with Gasteiger partial charge in [0.05, 0.1) is 0 Å². The third kappa shape index (κ3) is 2.84. The molecule has 0 unspecified atom stereocenters. The third-order valence-electron chi connectivity index (χ3n) is 3.30. The molecule has 0 aliphatic carbocycles. The number of anilines is 1. The van der Waals surface area contributed by atoms with Crippen LogP contribution in [0.1, 0.15) is 16.1 Å². The minimum absolute atomic E-state index is 0.199. The first kappa shape index (κ1) is 13.1. The number of nitrogens with one attached hydrogen (secondary N) is 1. The van der Waals surface area contributed by atoms with Gasteiger partial charge >= 0.3 is 0 Å². The van der Waals surface area contributed by atoms with E-state index in [-0.39, 0.29) is 5.91 Å². The van der Waals surface area contributed by atoms with Crippen molar-refractivity contribution in [3.8, 4) is 0 Å². The number of aromatic nitrogens is 1. The Morgan fingerprint density at radius 2 is 1.90 bits per heavy atom. The first-order chi connectivity index (χ1) is 10.2. The average Bonchev–Trinajstić information content (AvgIpc) is 2.53. The molecule has 0 aliphatic heterocycles. The minimum atomic E-state index is -0.199. The number of fused-ring (bicyclic) bond motifs is 1. The number of benzene rings is 2. The molecule has 0 fully saturated rings. The van der Waals surface area contributed by atoms with Crippen LogP contribution in [-0.2, 0) is 6.54 Å². The summed E-state index contributed by atoms with van der Waals surface area (Å²) in [5.41, 5.74) is 7.86. The molecule has 0 saturated carbocycles. The topological polar surface area (TPSA) is 68.0 Å². The van der Waals surface area contributed by atoms with Crippen LogP contribution in [0.3, 0.4) is 0 Å². The summed E-state index contributed by atoms with van der Waals surface area (Å²) in [5.74, 6) is -0.199. The van der Waals surface area contributed by atoms with Gasteiger partial charge in [-0.2, -0.15) is 0 Å². The predicted octanol–water partition coefficient (Wildman–Crippen LogP) is 2.75. The molecule has 1 amide bonds. The largest absolute Gasteiger partial charge is 0.399 e. The first-order valence-corrected chi connectivity index (χ1v) is 6.70. The fourth-order valence-electron chi connectivity index (χ4n) is 2.23. The molecule has 0 spiro atoms. The van der Waals surface area contributed by atoms with E-state index in [4.69, 9.17) is 5.73 Å². The lowest BCUT2D eigenvalue weighted by Crippen LogP contribution is -2.24. The average molecular weight is 277 g/mol. The number of hydrogen-bond donors (Lipinski definition) is 2. The maximum Gasteiger partial charge on any atom is 0.270 e. The standard InChI is InChI=1S/C17H15N3O/c18-14-7-6-13-8-9-19-16(15(13)10-14)17(21)20-11-12-4-2-1-3-5-12/h1-10H,11,18H2,(H,20,21). The van der Waals surface area contributed by atoms with Crippen molar-refractivity contribution < 1.29 is 4.79 Å². The van der Waals surface area contributed by atoms with E-state index in [9.17, 15) is 4.79 Å². The zero-order valence-corrected chi connectivity index (χ0v) is 11.4. The predicted molar refractivity (Wildman–Crippen MR) is 83.8 cm³/mol. The normalized spacial score (nSPS) is 10.5. The molecule has 4 nitrogen and oxygen atoms in total. The number of carbonyl (C=O) groups is 1. The van der Waals surface area contributed by atoms with Gasteiger partial charge in [0.2, 0.25) is 0 Å². The SMILES string of the molecule is Nc1ccc2ccnc(C(=O)NCc3ccccc3)c2c1. The van der Waals surface area contributed by atoms with Gasteiger partial charge in [0.1, 0.15) is 5.69 Å². The van der Waals surface area contributed by atoms with Crippen LogP contribution in [-0.4, -0.2) is 10.9 Å². The smallest absolute Gasteiger partial charge is 0.270 e. The number of rotatable bonds is 3. The summed E-state index contributed by atoms with van der Waals surface area (Å²) >= 11 is 0. The Labute approximate surface area is 122 Å². The van der Waals surface area contributed by atoms with Crippen LogP contribution in [0.5, 0.6) is 0 Å². The van der Waals surface area contributed by atoms with Gasteiger partial charge in [0.15, 0.2) is 0 Å². The van der Waals surface area contributed by atoms with Gasteiger partial charge in [-0.1, -0.05) is 36.4 Å². The van der Waals surface area contributed by atoms with Crippen molar-refractivity contribution in [1.29, 1.82) is 0 Å². The van der Waals surface area contributed by atoms with Crippen molar-refractivity contribution in [2.75, 3.05) is 5.73 Å². The second-order valence-electron chi connectivity index (χ2n) is 4.81. The monoisotopic (exact) mass is 277 g/mol. The zero-order valence-electron chi connectivity index (χ0n) is 11.4. The van der Waals surface area contributed by atoms with Gasteiger partial charge in [-0.25, -0.2) is 0 Å². The van der Waals surface area contributed by atoms with E-state index in [2.05, 4.69) is 10.3 Å². The Hall–Kier alpha value is -2.88. The van der Waals surface area contributed by atoms with Crippen LogP contribution in [0.2, 0.25) is 0 Å². The number of hydrogen-bond acceptors (Lipinski definition) is 3. The second kappa shape index (κ2) is 5.63. The Bertz CT molecular complexity index is 784. The third-order valence-corrected chi connectivity index (χ3v) is 3.30. The summed E-state index contributed by atoms with van der Waals surface area (Å²) in [6, 6.07) is 17.1. The molecule has 1 heterocycles. The van der Waals surface area contributed by atoms with Gasteiger partial charge in [0, 0.05) is 23.8 Å². The van der Waals surface area contributed by atoms with Crippen molar-refractivity contribution in [1.82, 2.24) is 10.3 Å². The van der Waals surface area contributed by atoms with Gasteiger partial charge < -0.3 is 11.1 Å². The van der Waals surface area contributed by atoms with E-state index in [1.165, 1.54) is 0 Å². The van der Waals surface area contributed by atoms with Crippen molar-refractivity contribution >= 4 is 22.4 Å². The maximum atomic E-state index is 12.3. The quantitative estimate of drug-likeness (QED) is 0.723. The van der Waals surface area contributed by atoms with Crippen LogP contribution >= 0.6 is 0 Å². The maximum absolute atomic E-state index is 12.3. The molecule has 3 N–H and O–H groups in total. The van der Waals surface area contributed by atoms with E-state index in [1.807, 2.05) is 48.5 Å². The minimum Gasteiger partial charge on any atom is -0.399 e. The molecule has 0 saturated heterocycles. The Morgan fingerprint density at radius 1 is 1.10 bits per heavy atom. The zero-order chi connectivity index (χ0) is 14.7. The number of nitrogen functional groups attached to an aromatic ring is 1. The molecule has 0 radical (unpaired) electrons. The lowest BCUT2D eigenvalue weighted by atomic mass is 10.1. The van der Waals surface area contributed by atoms with Crippen LogP contribution in [0, 0.1) is 0 Å².